The number of aryl methyl sites for hydroxylation is 1. The molecule has 1 amide bonds. The molecule has 0 radical (unpaired) electrons. The van der Waals surface area contributed by atoms with Gasteiger partial charge in [0.15, 0.2) is 0 Å². The van der Waals surface area contributed by atoms with Crippen LogP contribution in [-0.2, 0) is 14.8 Å². The van der Waals surface area contributed by atoms with Crippen molar-refractivity contribution in [2.24, 2.45) is 0 Å². The van der Waals surface area contributed by atoms with Gasteiger partial charge in [-0.3, -0.25) is 15.0 Å². The molecule has 0 bridgehead atoms. The molecule has 0 aliphatic carbocycles. The van der Waals surface area contributed by atoms with E-state index in [1.165, 1.54) is 4.31 Å². The summed E-state index contributed by atoms with van der Waals surface area (Å²) in [6.07, 6.45) is -4.87. The summed E-state index contributed by atoms with van der Waals surface area (Å²) in [5, 5.41) is 11.8. The number of sulfonamides is 1. The number of carbonyl (C=O) groups excluding carboxylic acids is 1. The Morgan fingerprint density at radius 1 is 1.18 bits per heavy atom. The highest BCUT2D eigenvalue weighted by Gasteiger charge is 2.32. The highest BCUT2D eigenvalue weighted by Crippen LogP contribution is 2.26. The number of alkyl halides is 3. The molecule has 1 aliphatic rings. The number of rotatable bonds is 6. The van der Waals surface area contributed by atoms with Crippen molar-refractivity contribution in [1.29, 1.82) is 5.26 Å². The Kier molecular flexibility index (Phi) is 7.01. The van der Waals surface area contributed by atoms with Gasteiger partial charge in [0.25, 0.3) is 0 Å². The Hall–Kier alpha value is -3.08. The molecule has 33 heavy (non-hydrogen) atoms. The van der Waals surface area contributed by atoms with Crippen molar-refractivity contribution in [3.8, 4) is 11.8 Å². The zero-order chi connectivity index (χ0) is 24.4. The number of amides is 1. The van der Waals surface area contributed by atoms with E-state index in [1.54, 1.807) is 18.7 Å². The number of hydrogen-bond donors (Lipinski definition) is 1. The molecular weight excluding hydrogens is 465 g/mol. The Labute approximate surface area is 188 Å². The molecular formula is C20H21F3N4O5S. The lowest BCUT2D eigenvalue weighted by Crippen LogP contribution is -2.50. The largest absolute Gasteiger partial charge is 0.573 e. The van der Waals surface area contributed by atoms with Gasteiger partial charge in [0.1, 0.15) is 23.1 Å². The van der Waals surface area contributed by atoms with E-state index in [4.69, 9.17) is 4.42 Å². The highest BCUT2D eigenvalue weighted by atomic mass is 32.2. The molecule has 0 atom stereocenters. The second-order valence-corrected chi connectivity index (χ2v) is 9.28. The molecule has 9 nitrogen and oxygen atoms in total. The minimum absolute atomic E-state index is 0.0268. The van der Waals surface area contributed by atoms with E-state index in [9.17, 15) is 31.6 Å². The fourth-order valence-electron chi connectivity index (χ4n) is 3.31. The maximum atomic E-state index is 12.8. The van der Waals surface area contributed by atoms with E-state index in [1.807, 2.05) is 6.07 Å². The number of furan rings is 1. The van der Waals surface area contributed by atoms with Crippen molar-refractivity contribution in [2.75, 3.05) is 38.0 Å². The number of nitrogens with one attached hydrogen (secondary N) is 1. The number of benzene rings is 1. The lowest BCUT2D eigenvalue weighted by Gasteiger charge is -2.33. The number of anilines is 1. The molecule has 1 N–H and O–H groups in total. The molecule has 0 spiro atoms. The summed E-state index contributed by atoms with van der Waals surface area (Å²) < 4.78 is 72.7. The van der Waals surface area contributed by atoms with Crippen LogP contribution in [0.3, 0.4) is 0 Å². The molecule has 1 aromatic carbocycles. The molecule has 178 valence electrons. The average Bonchev–Trinajstić information content (AvgIpc) is 3.00. The fourth-order valence-corrected chi connectivity index (χ4v) is 4.73. The normalized spacial score (nSPS) is 15.8. The van der Waals surface area contributed by atoms with Crippen LogP contribution in [-0.4, -0.2) is 62.6 Å². The number of hydrogen-bond acceptors (Lipinski definition) is 7. The number of nitrogens with zero attached hydrogens (tertiary/aromatic N) is 3. The third kappa shape index (κ3) is 5.84. The number of piperazine rings is 1. The SMILES string of the molecule is Cc1oc(NC(=O)CN2CCN(S(=O)(=O)c3ccc(OC(F)(F)F)cc3)CC2)c(C#N)c1C. The zero-order valence-corrected chi connectivity index (χ0v) is 18.6. The molecule has 0 saturated carbocycles. The molecule has 2 heterocycles. The summed E-state index contributed by atoms with van der Waals surface area (Å²) in [5.74, 6) is -0.314. The monoisotopic (exact) mass is 486 g/mol. The minimum Gasteiger partial charge on any atom is -0.444 e. The molecule has 1 aliphatic heterocycles. The van der Waals surface area contributed by atoms with Gasteiger partial charge in [-0.15, -0.1) is 13.2 Å². The smallest absolute Gasteiger partial charge is 0.444 e. The average molecular weight is 486 g/mol. The maximum Gasteiger partial charge on any atom is 0.573 e. The molecule has 1 aromatic heterocycles. The van der Waals surface area contributed by atoms with Crippen LogP contribution in [0.4, 0.5) is 19.1 Å². The van der Waals surface area contributed by atoms with E-state index < -0.39 is 28.0 Å². The quantitative estimate of drug-likeness (QED) is 0.667. The van der Waals surface area contributed by atoms with Crippen LogP contribution in [0.5, 0.6) is 5.75 Å². The molecule has 3 rings (SSSR count). The standard InChI is InChI=1S/C20H21F3N4O5S/c1-13-14(2)31-19(17(13)11-24)25-18(28)12-26-7-9-27(10-8-26)33(29,30)16-5-3-15(4-6-16)32-20(21,22)23/h3-6H,7-10,12H2,1-2H3,(H,25,28). The van der Waals surface area contributed by atoms with Crippen molar-refractivity contribution in [2.45, 2.75) is 25.1 Å². The third-order valence-electron chi connectivity index (χ3n) is 5.14. The maximum absolute atomic E-state index is 12.8. The van der Waals surface area contributed by atoms with E-state index in [2.05, 4.69) is 10.1 Å². The van der Waals surface area contributed by atoms with Gasteiger partial charge < -0.3 is 9.15 Å². The summed E-state index contributed by atoms with van der Waals surface area (Å²) in [6.45, 7) is 4.09. The van der Waals surface area contributed by atoms with Gasteiger partial charge in [-0.05, 0) is 38.1 Å². The van der Waals surface area contributed by atoms with Crippen LogP contribution in [0.1, 0.15) is 16.9 Å². The topological polar surface area (TPSA) is 116 Å². The van der Waals surface area contributed by atoms with Gasteiger partial charge >= 0.3 is 6.36 Å². The van der Waals surface area contributed by atoms with Crippen LogP contribution in [0.25, 0.3) is 0 Å². The summed E-state index contributed by atoms with van der Waals surface area (Å²) >= 11 is 0. The number of nitriles is 1. The zero-order valence-electron chi connectivity index (χ0n) is 17.8. The first-order valence-corrected chi connectivity index (χ1v) is 11.2. The predicted octanol–water partition coefficient (Wildman–Crippen LogP) is 2.61. The van der Waals surface area contributed by atoms with Gasteiger partial charge in [-0.25, -0.2) is 8.42 Å². The second-order valence-electron chi connectivity index (χ2n) is 7.35. The third-order valence-corrected chi connectivity index (χ3v) is 7.06. The summed E-state index contributed by atoms with van der Waals surface area (Å²) in [7, 11) is -3.92. The van der Waals surface area contributed by atoms with Crippen molar-refractivity contribution in [3.63, 3.8) is 0 Å². The van der Waals surface area contributed by atoms with E-state index in [-0.39, 0.29) is 49.1 Å². The number of ether oxygens (including phenoxy) is 1. The van der Waals surface area contributed by atoms with Gasteiger partial charge in [0.2, 0.25) is 21.8 Å². The van der Waals surface area contributed by atoms with Gasteiger partial charge in [-0.1, -0.05) is 0 Å². The molecule has 1 saturated heterocycles. The molecule has 1 fully saturated rings. The highest BCUT2D eigenvalue weighted by molar-refractivity contribution is 7.89. The van der Waals surface area contributed by atoms with Gasteiger partial charge in [-0.2, -0.15) is 9.57 Å². The first-order chi connectivity index (χ1) is 15.4. The molecule has 0 unspecified atom stereocenters. The van der Waals surface area contributed by atoms with E-state index >= 15 is 0 Å². The Balaban J connectivity index is 1.56. The Bertz CT molecular complexity index is 1160. The van der Waals surface area contributed by atoms with Crippen LogP contribution in [0, 0.1) is 25.2 Å². The van der Waals surface area contributed by atoms with Crippen molar-refractivity contribution in [1.82, 2.24) is 9.21 Å². The van der Waals surface area contributed by atoms with Crippen LogP contribution in [0.2, 0.25) is 0 Å². The van der Waals surface area contributed by atoms with Gasteiger partial charge in [0, 0.05) is 31.7 Å². The van der Waals surface area contributed by atoms with E-state index in [0.29, 0.717) is 11.3 Å². The van der Waals surface area contributed by atoms with Gasteiger partial charge in [0.05, 0.1) is 11.4 Å². The lowest BCUT2D eigenvalue weighted by atomic mass is 10.2. The lowest BCUT2D eigenvalue weighted by molar-refractivity contribution is -0.274. The first-order valence-electron chi connectivity index (χ1n) is 9.79. The van der Waals surface area contributed by atoms with Crippen LogP contribution in [0.15, 0.2) is 33.6 Å². The summed E-state index contributed by atoms with van der Waals surface area (Å²) in [6, 6.07) is 5.97. The first kappa shape index (κ1) is 24.6. The summed E-state index contributed by atoms with van der Waals surface area (Å²) in [4.78, 5) is 13.9. The van der Waals surface area contributed by atoms with Crippen LogP contribution < -0.4 is 10.1 Å². The minimum atomic E-state index is -4.87. The Morgan fingerprint density at radius 3 is 2.33 bits per heavy atom. The second kappa shape index (κ2) is 9.42. The molecule has 2 aromatic rings. The summed E-state index contributed by atoms with van der Waals surface area (Å²) in [5.41, 5.74) is 0.896. The number of carbonyl (C=O) groups is 1. The van der Waals surface area contributed by atoms with Crippen molar-refractivity contribution in [3.05, 3.63) is 41.2 Å². The fraction of sp³-hybridized carbons (Fsp3) is 0.400. The predicted molar refractivity (Wildman–Crippen MR) is 110 cm³/mol. The van der Waals surface area contributed by atoms with Crippen LogP contribution >= 0.6 is 0 Å². The van der Waals surface area contributed by atoms with Crippen molar-refractivity contribution >= 4 is 21.8 Å². The van der Waals surface area contributed by atoms with Crippen molar-refractivity contribution < 1.29 is 35.5 Å². The Morgan fingerprint density at radius 2 is 1.79 bits per heavy atom. The van der Waals surface area contributed by atoms with E-state index in [0.717, 1.165) is 24.3 Å². The molecule has 13 heteroatoms. The number of halogens is 3.